The van der Waals surface area contributed by atoms with Crippen LogP contribution in [0.15, 0.2) is 195 Å². The SMILES string of the molecule is C=CCO[C@@H]1O[C@@H](C)[C@H](OCc2ccccc2)[C@@H](O[C@H]2O[C@H](COCc3ccccc3)[C@@H](OCc3ccccc3)[C@H](OCc3ccccc3)[C@H]2OCc2ccccc2)[C@H]1O[C@@H]1O[C@H](CO)[C@@H](O)[C@H](O[C@@H]2O[C@@H](C)[C@H](OCc3ccccc3)[C@@H](O[C@@H]3O[C@@H](C)[C@H](O)[C@@H](O)[C@H]3O)[C@H]2O)[C@H]1NC(=O)C(Cl)(Cl)Cl. The molecule has 25 atom stereocenters. The smallest absolute Gasteiger partial charge is 0.272 e. The number of hydrogen-bond donors (Lipinski definition) is 7. The minimum absolute atomic E-state index is 0.00741. The highest BCUT2D eigenvalue weighted by atomic mass is 35.6. The largest absolute Gasteiger partial charge is 0.394 e. The first-order valence-corrected chi connectivity index (χ1v) is 35.9. The van der Waals surface area contributed by atoms with Crippen molar-refractivity contribution in [3.8, 4) is 0 Å². The predicted molar refractivity (Wildman–Crippen MR) is 377 cm³/mol. The fraction of sp³-hybridized carbons (Fsp3) is 0.494. The van der Waals surface area contributed by atoms with E-state index in [0.717, 1.165) is 33.4 Å². The third kappa shape index (κ3) is 20.8. The van der Waals surface area contributed by atoms with Gasteiger partial charge in [0.15, 0.2) is 31.5 Å². The lowest BCUT2D eigenvalue weighted by Gasteiger charge is -2.52. The first-order chi connectivity index (χ1) is 50.3. The highest BCUT2D eigenvalue weighted by molar-refractivity contribution is 6.76. The van der Waals surface area contributed by atoms with Gasteiger partial charge in [-0.1, -0.05) is 223 Å². The number of halogens is 3. The molecule has 6 aromatic carbocycles. The molecule has 5 fully saturated rings. The lowest BCUT2D eigenvalue weighted by Crippen LogP contribution is -2.71. The van der Waals surface area contributed by atoms with E-state index in [-0.39, 0.29) is 52.9 Å². The molecule has 24 nitrogen and oxygen atoms in total. The number of carbonyl (C=O) groups excluding carboxylic acids is 1. The normalized spacial score (nSPS) is 33.9. The Morgan fingerprint density at radius 3 is 1.28 bits per heavy atom. The van der Waals surface area contributed by atoms with Gasteiger partial charge < -0.3 is 112 Å². The van der Waals surface area contributed by atoms with E-state index in [9.17, 15) is 35.4 Å². The maximum absolute atomic E-state index is 14.4. The standard InChI is InChI=1S/C77H92Cl3NO23/c1-5-36-90-74-70(104-71-56(81-76(88)77(78,79)80)65(58(84)54(37-82)99-71)101-73-61(87)66(102-72-60(86)59(85)57(83)45(2)96-72)62(46(3)97-73)91-39-49-26-14-7-15-27-49)68(63(47(4)98-74)92-40-50-28-16-8-17-29-50)103-75-69(95-43-53-34-22-11-23-35-53)67(94-42-52-32-20-10-21-33-52)64(93-41-51-30-18-9-19-31-51)55(100-75)44-89-38-48-24-12-6-13-25-48/h5-35,45-47,54-75,82-87H,1,36-44H2,2-4H3,(H,81,88)/t45-,46-,47-,54+,55+,56+,57-,58+,59+,60+,61+,62-,63-,64+,65+,66-,67-,68+,69+,70+,71-,72-,73-,74+,75+/m0/s1. The van der Waals surface area contributed by atoms with Crippen LogP contribution in [0.25, 0.3) is 0 Å². The van der Waals surface area contributed by atoms with Crippen LogP contribution in [-0.4, -0.2) is 214 Å². The van der Waals surface area contributed by atoms with E-state index in [1.165, 1.54) is 13.0 Å². The second kappa shape index (κ2) is 38.5. The van der Waals surface area contributed by atoms with Crippen molar-refractivity contribution in [1.82, 2.24) is 5.32 Å². The maximum atomic E-state index is 14.4. The number of nitrogens with one attached hydrogen (secondary N) is 1. The summed E-state index contributed by atoms with van der Waals surface area (Å²) in [5.41, 5.74) is 4.90. The number of alkyl halides is 3. The molecule has 5 heterocycles. The molecule has 0 radical (unpaired) electrons. The van der Waals surface area contributed by atoms with Gasteiger partial charge in [-0.25, -0.2) is 0 Å². The lowest BCUT2D eigenvalue weighted by atomic mass is 9.94. The van der Waals surface area contributed by atoms with Gasteiger partial charge in [0.25, 0.3) is 9.70 Å². The van der Waals surface area contributed by atoms with E-state index in [1.54, 1.807) is 13.8 Å². The molecular formula is C77H92Cl3NO23. The average Bonchev–Trinajstić information content (AvgIpc) is 0.767. The first kappa shape index (κ1) is 79.6. The summed E-state index contributed by atoms with van der Waals surface area (Å²) in [5.74, 6) is -1.27. The molecule has 0 saturated carbocycles. The molecule has 564 valence electrons. The molecule has 0 bridgehead atoms. The minimum Gasteiger partial charge on any atom is -0.394 e. The molecule has 0 aliphatic carbocycles. The highest BCUT2D eigenvalue weighted by Crippen LogP contribution is 2.41. The van der Waals surface area contributed by atoms with Crippen molar-refractivity contribution >= 4 is 40.7 Å². The third-order valence-corrected chi connectivity index (χ3v) is 19.2. The number of benzene rings is 6. The summed E-state index contributed by atoms with van der Waals surface area (Å²) in [6.45, 7) is 8.00. The topological polar surface area (TPSA) is 298 Å². The van der Waals surface area contributed by atoms with E-state index in [2.05, 4.69) is 11.9 Å². The van der Waals surface area contributed by atoms with Crippen LogP contribution in [0, 0.1) is 0 Å². The molecule has 0 spiro atoms. The van der Waals surface area contributed by atoms with Crippen molar-refractivity contribution in [3.63, 3.8) is 0 Å². The molecule has 0 aromatic heterocycles. The molecule has 104 heavy (non-hydrogen) atoms. The number of hydrogen-bond acceptors (Lipinski definition) is 23. The van der Waals surface area contributed by atoms with Crippen molar-refractivity contribution in [3.05, 3.63) is 228 Å². The van der Waals surface area contributed by atoms with Crippen molar-refractivity contribution in [2.45, 2.75) is 218 Å². The fourth-order valence-corrected chi connectivity index (χ4v) is 13.3. The molecule has 5 aliphatic heterocycles. The van der Waals surface area contributed by atoms with Crippen LogP contribution >= 0.6 is 34.8 Å². The zero-order chi connectivity index (χ0) is 73.3. The van der Waals surface area contributed by atoms with Crippen molar-refractivity contribution in [1.29, 1.82) is 0 Å². The molecule has 1 amide bonds. The fourth-order valence-electron chi connectivity index (χ4n) is 13.2. The van der Waals surface area contributed by atoms with E-state index < -0.39 is 170 Å². The Bertz CT molecular complexity index is 3500. The highest BCUT2D eigenvalue weighted by Gasteiger charge is 2.59. The molecule has 27 heteroatoms. The van der Waals surface area contributed by atoms with Crippen LogP contribution in [0.2, 0.25) is 0 Å². The maximum Gasteiger partial charge on any atom is 0.272 e. The number of aliphatic hydroxyl groups is 6. The lowest BCUT2D eigenvalue weighted by molar-refractivity contribution is -0.397. The summed E-state index contributed by atoms with van der Waals surface area (Å²) in [6.07, 6.45) is -33.3. The summed E-state index contributed by atoms with van der Waals surface area (Å²) >= 11 is 19.1. The summed E-state index contributed by atoms with van der Waals surface area (Å²) in [6, 6.07) is 55.0. The first-order valence-electron chi connectivity index (χ1n) is 34.8. The molecule has 5 saturated heterocycles. The Balaban J connectivity index is 0.996. The summed E-state index contributed by atoms with van der Waals surface area (Å²) in [5, 5.41) is 71.9. The van der Waals surface area contributed by atoms with Gasteiger partial charge in [0.05, 0.1) is 77.8 Å². The van der Waals surface area contributed by atoms with E-state index in [4.69, 9.17) is 111 Å². The van der Waals surface area contributed by atoms with Gasteiger partial charge in [-0.2, -0.15) is 0 Å². The van der Waals surface area contributed by atoms with Gasteiger partial charge in [-0.05, 0) is 54.2 Å². The van der Waals surface area contributed by atoms with Gasteiger partial charge in [0.1, 0.15) is 104 Å². The molecular weight excluding hydrogens is 1410 g/mol. The van der Waals surface area contributed by atoms with Crippen LogP contribution < -0.4 is 5.32 Å². The van der Waals surface area contributed by atoms with Gasteiger partial charge in [0, 0.05) is 0 Å². The van der Waals surface area contributed by atoms with Gasteiger partial charge in [0.2, 0.25) is 0 Å². The quantitative estimate of drug-likeness (QED) is 0.0162. The van der Waals surface area contributed by atoms with E-state index in [1.807, 2.05) is 182 Å². The van der Waals surface area contributed by atoms with Gasteiger partial charge >= 0.3 is 0 Å². The number of ether oxygens (including phenoxy) is 16. The Labute approximate surface area is 619 Å². The zero-order valence-electron chi connectivity index (χ0n) is 57.7. The Morgan fingerprint density at radius 2 is 0.798 bits per heavy atom. The van der Waals surface area contributed by atoms with Crippen molar-refractivity contribution < 1.29 is 111 Å². The van der Waals surface area contributed by atoms with Crippen LogP contribution in [0.4, 0.5) is 0 Å². The molecule has 6 aromatic rings. The molecule has 11 rings (SSSR count). The van der Waals surface area contributed by atoms with Crippen LogP contribution in [-0.2, 0) is 120 Å². The van der Waals surface area contributed by atoms with Crippen LogP contribution in [0.3, 0.4) is 0 Å². The number of carbonyl (C=O) groups is 1. The van der Waals surface area contributed by atoms with Crippen LogP contribution in [0.5, 0.6) is 0 Å². The minimum atomic E-state index is -2.71. The molecule has 0 unspecified atom stereocenters. The Kier molecular flexibility index (Phi) is 29.5. The molecule has 7 N–H and O–H groups in total. The third-order valence-electron chi connectivity index (χ3n) is 18.6. The summed E-state index contributed by atoms with van der Waals surface area (Å²) in [7, 11) is 0. The monoisotopic (exact) mass is 1500 g/mol. The van der Waals surface area contributed by atoms with Gasteiger partial charge in [-0.15, -0.1) is 6.58 Å². The number of rotatable bonds is 32. The second-order valence-corrected chi connectivity index (χ2v) is 28.5. The molecule has 5 aliphatic rings. The van der Waals surface area contributed by atoms with Gasteiger partial charge in [-0.3, -0.25) is 4.79 Å². The summed E-state index contributed by atoms with van der Waals surface area (Å²) < 4.78 is 106. The second-order valence-electron chi connectivity index (χ2n) is 26.2. The zero-order valence-corrected chi connectivity index (χ0v) is 59.9. The van der Waals surface area contributed by atoms with E-state index >= 15 is 0 Å². The predicted octanol–water partition coefficient (Wildman–Crippen LogP) is 7.21. The van der Waals surface area contributed by atoms with Crippen molar-refractivity contribution in [2.24, 2.45) is 0 Å². The number of amides is 1. The Hall–Kier alpha value is -5.48. The van der Waals surface area contributed by atoms with Crippen molar-refractivity contribution in [2.75, 3.05) is 19.8 Å². The number of aliphatic hydroxyl groups excluding tert-OH is 6. The summed E-state index contributed by atoms with van der Waals surface area (Å²) in [4.78, 5) is 14.4. The van der Waals surface area contributed by atoms with Crippen LogP contribution in [0.1, 0.15) is 54.2 Å². The van der Waals surface area contributed by atoms with E-state index in [0.29, 0.717) is 0 Å². The average molecular weight is 1510 g/mol. The Morgan fingerprint density at radius 1 is 0.404 bits per heavy atom.